The average molecular weight is 461 g/mol. The Morgan fingerprint density at radius 2 is 1.82 bits per heavy atom. The maximum atomic E-state index is 14.0. The molecule has 0 spiro atoms. The summed E-state index contributed by atoms with van der Waals surface area (Å²) in [5.41, 5.74) is 0.647. The smallest absolute Gasteiger partial charge is 0.337 e. The molecule has 0 N–H and O–H groups in total. The summed E-state index contributed by atoms with van der Waals surface area (Å²) in [5, 5.41) is 4.17. The zero-order valence-corrected chi connectivity index (χ0v) is 18.0. The first kappa shape index (κ1) is 22.9. The van der Waals surface area contributed by atoms with Crippen LogP contribution in [0.2, 0.25) is 0 Å². The largest absolute Gasteiger partial charge is 0.417 e. The van der Waals surface area contributed by atoms with Crippen molar-refractivity contribution in [2.45, 2.75) is 26.1 Å². The molecule has 2 aromatic heterocycles. The highest BCUT2D eigenvalue weighted by molar-refractivity contribution is 5.95. The summed E-state index contributed by atoms with van der Waals surface area (Å²) in [7, 11) is 0. The molecule has 6 nitrogen and oxygen atoms in total. The fourth-order valence-electron chi connectivity index (χ4n) is 3.90. The van der Waals surface area contributed by atoms with Crippen molar-refractivity contribution in [3.8, 4) is 5.82 Å². The van der Waals surface area contributed by atoms with Crippen LogP contribution >= 0.6 is 0 Å². The van der Waals surface area contributed by atoms with E-state index in [-0.39, 0.29) is 17.5 Å². The molecule has 0 atom stereocenters. The van der Waals surface area contributed by atoms with E-state index in [1.807, 2.05) is 0 Å². The summed E-state index contributed by atoms with van der Waals surface area (Å²) in [6, 6.07) is 8.82. The summed E-state index contributed by atoms with van der Waals surface area (Å²) in [6.45, 7) is 4.54. The van der Waals surface area contributed by atoms with Gasteiger partial charge in [-0.3, -0.25) is 9.69 Å². The van der Waals surface area contributed by atoms with Gasteiger partial charge in [0.15, 0.2) is 5.82 Å². The fraction of sp³-hybridized carbons (Fsp3) is 0.348. The number of pyridine rings is 1. The first-order chi connectivity index (χ1) is 15.7. The topological polar surface area (TPSA) is 54.3 Å². The Morgan fingerprint density at radius 1 is 1.03 bits per heavy atom. The lowest BCUT2D eigenvalue weighted by atomic mass is 10.2. The first-order valence-corrected chi connectivity index (χ1v) is 10.6. The van der Waals surface area contributed by atoms with Gasteiger partial charge in [0, 0.05) is 44.5 Å². The van der Waals surface area contributed by atoms with Gasteiger partial charge in [-0.2, -0.15) is 18.3 Å². The molecule has 1 aromatic carbocycles. The highest BCUT2D eigenvalue weighted by Gasteiger charge is 2.31. The minimum atomic E-state index is -4.47. The van der Waals surface area contributed by atoms with Crippen LogP contribution in [-0.2, 0) is 12.7 Å². The molecule has 10 heteroatoms. The van der Waals surface area contributed by atoms with Crippen LogP contribution in [0.15, 0.2) is 48.8 Å². The van der Waals surface area contributed by atoms with E-state index in [0.29, 0.717) is 43.0 Å². The Morgan fingerprint density at radius 3 is 2.52 bits per heavy atom. The van der Waals surface area contributed by atoms with Crippen molar-refractivity contribution in [2.75, 3.05) is 26.2 Å². The van der Waals surface area contributed by atoms with Gasteiger partial charge >= 0.3 is 6.18 Å². The fourth-order valence-corrected chi connectivity index (χ4v) is 3.90. The van der Waals surface area contributed by atoms with Crippen molar-refractivity contribution in [2.24, 2.45) is 0 Å². The van der Waals surface area contributed by atoms with Crippen LogP contribution in [0.3, 0.4) is 0 Å². The molecule has 1 aliphatic rings. The highest BCUT2D eigenvalue weighted by Crippen LogP contribution is 2.29. The molecule has 3 aromatic rings. The first-order valence-electron chi connectivity index (χ1n) is 10.6. The minimum Gasteiger partial charge on any atom is -0.337 e. The van der Waals surface area contributed by atoms with Gasteiger partial charge < -0.3 is 4.90 Å². The summed E-state index contributed by atoms with van der Waals surface area (Å²) < 4.78 is 53.7. The Balaban J connectivity index is 1.44. The number of halogens is 4. The van der Waals surface area contributed by atoms with Crippen molar-refractivity contribution >= 4 is 5.91 Å². The van der Waals surface area contributed by atoms with E-state index < -0.39 is 11.7 Å². The minimum absolute atomic E-state index is 0.196. The van der Waals surface area contributed by atoms with Gasteiger partial charge in [-0.25, -0.2) is 14.1 Å². The molecule has 1 saturated heterocycles. The van der Waals surface area contributed by atoms with E-state index in [1.165, 1.54) is 23.0 Å². The Labute approximate surface area is 188 Å². The third-order valence-corrected chi connectivity index (χ3v) is 5.76. The van der Waals surface area contributed by atoms with Crippen LogP contribution in [0, 0.1) is 12.7 Å². The standard InChI is InChI=1S/C23H23F4N5O/c1-16-19(14-29-32(16)21-8-7-18(13-28-21)23(25,26)27)22(33)31-10-4-9-30(11-12-31)15-17-5-2-3-6-20(17)24/h2-3,5-8,13-14H,4,9-12,15H2,1H3. The number of rotatable bonds is 4. The number of nitrogens with zero attached hydrogens (tertiary/aromatic N) is 5. The number of carbonyl (C=O) groups is 1. The van der Waals surface area contributed by atoms with Crippen molar-refractivity contribution in [1.29, 1.82) is 0 Å². The zero-order valence-electron chi connectivity index (χ0n) is 18.0. The van der Waals surface area contributed by atoms with Crippen LogP contribution in [0.5, 0.6) is 0 Å². The number of benzene rings is 1. The summed E-state index contributed by atoms with van der Waals surface area (Å²) in [6.07, 6.45) is -1.57. The predicted octanol–water partition coefficient (Wildman–Crippen LogP) is 4.08. The Hall–Kier alpha value is -3.27. The summed E-state index contributed by atoms with van der Waals surface area (Å²) in [4.78, 5) is 20.9. The second kappa shape index (κ2) is 9.30. The molecular formula is C23H23F4N5O. The van der Waals surface area contributed by atoms with Gasteiger partial charge in [-0.05, 0) is 31.5 Å². The second-order valence-corrected chi connectivity index (χ2v) is 7.97. The highest BCUT2D eigenvalue weighted by atomic mass is 19.4. The van der Waals surface area contributed by atoms with Crippen molar-refractivity contribution in [3.63, 3.8) is 0 Å². The maximum absolute atomic E-state index is 14.0. The van der Waals surface area contributed by atoms with Crippen LogP contribution in [0.4, 0.5) is 17.6 Å². The molecule has 0 aliphatic carbocycles. The normalized spacial score (nSPS) is 15.5. The van der Waals surface area contributed by atoms with Crippen molar-refractivity contribution in [1.82, 2.24) is 24.6 Å². The van der Waals surface area contributed by atoms with E-state index in [1.54, 1.807) is 30.0 Å². The molecule has 0 radical (unpaired) electrons. The SMILES string of the molecule is Cc1c(C(=O)N2CCCN(Cc3ccccc3F)CC2)cnn1-c1ccc(C(F)(F)F)cn1. The number of carbonyl (C=O) groups excluding carboxylic acids is 1. The van der Waals surface area contributed by atoms with Gasteiger partial charge in [0.1, 0.15) is 5.82 Å². The van der Waals surface area contributed by atoms with Crippen LogP contribution in [0.1, 0.15) is 33.6 Å². The van der Waals surface area contributed by atoms with Crippen molar-refractivity contribution in [3.05, 3.63) is 77.0 Å². The van der Waals surface area contributed by atoms with Crippen LogP contribution < -0.4 is 0 Å². The third kappa shape index (κ3) is 5.05. The van der Waals surface area contributed by atoms with E-state index in [0.717, 1.165) is 25.2 Å². The van der Waals surface area contributed by atoms with Crippen molar-refractivity contribution < 1.29 is 22.4 Å². The monoisotopic (exact) mass is 461 g/mol. The lowest BCUT2D eigenvalue weighted by molar-refractivity contribution is -0.137. The molecular weight excluding hydrogens is 438 g/mol. The van der Waals surface area contributed by atoms with Gasteiger partial charge in [-0.1, -0.05) is 18.2 Å². The van der Waals surface area contributed by atoms with Crippen LogP contribution in [0.25, 0.3) is 5.82 Å². The molecule has 174 valence electrons. The van der Waals surface area contributed by atoms with Gasteiger partial charge in [0.25, 0.3) is 5.91 Å². The molecule has 4 rings (SSSR count). The number of hydrogen-bond donors (Lipinski definition) is 0. The molecule has 1 aliphatic heterocycles. The van der Waals surface area contributed by atoms with E-state index in [2.05, 4.69) is 15.0 Å². The lowest BCUT2D eigenvalue weighted by Gasteiger charge is -2.22. The second-order valence-electron chi connectivity index (χ2n) is 7.97. The number of amides is 1. The van der Waals surface area contributed by atoms with Gasteiger partial charge in [0.05, 0.1) is 23.0 Å². The molecule has 1 amide bonds. The number of aromatic nitrogens is 3. The number of hydrogen-bond acceptors (Lipinski definition) is 4. The Kier molecular flexibility index (Phi) is 6.46. The lowest BCUT2D eigenvalue weighted by Crippen LogP contribution is -2.35. The average Bonchev–Trinajstić information content (AvgIpc) is 3.01. The summed E-state index contributed by atoms with van der Waals surface area (Å²) in [5.74, 6) is -0.237. The zero-order chi connectivity index (χ0) is 23.6. The predicted molar refractivity (Wildman–Crippen MR) is 113 cm³/mol. The summed E-state index contributed by atoms with van der Waals surface area (Å²) >= 11 is 0. The molecule has 1 fully saturated rings. The molecule has 3 heterocycles. The van der Waals surface area contributed by atoms with E-state index in [9.17, 15) is 22.4 Å². The Bertz CT molecular complexity index is 1130. The van der Waals surface area contributed by atoms with Gasteiger partial charge in [0.2, 0.25) is 0 Å². The molecule has 0 saturated carbocycles. The molecule has 0 bridgehead atoms. The molecule has 0 unspecified atom stereocenters. The quantitative estimate of drug-likeness (QED) is 0.550. The van der Waals surface area contributed by atoms with E-state index in [4.69, 9.17) is 0 Å². The maximum Gasteiger partial charge on any atom is 0.417 e. The van der Waals surface area contributed by atoms with Gasteiger partial charge in [-0.15, -0.1) is 0 Å². The molecule has 33 heavy (non-hydrogen) atoms. The van der Waals surface area contributed by atoms with Crippen LogP contribution in [-0.4, -0.2) is 56.7 Å². The third-order valence-electron chi connectivity index (χ3n) is 5.76. The number of alkyl halides is 3. The van der Waals surface area contributed by atoms with E-state index >= 15 is 0 Å².